The van der Waals surface area contributed by atoms with Gasteiger partial charge in [-0.25, -0.2) is 0 Å². The van der Waals surface area contributed by atoms with E-state index in [4.69, 9.17) is 5.11 Å². The molecule has 0 aromatic rings. The summed E-state index contributed by atoms with van der Waals surface area (Å²) in [6.45, 7) is 5.43. The summed E-state index contributed by atoms with van der Waals surface area (Å²) in [5, 5.41) is 26.1. The quantitative estimate of drug-likeness (QED) is 0.459. The molecule has 0 rings (SSSR count). The van der Waals surface area contributed by atoms with Gasteiger partial charge in [-0.3, -0.25) is 0 Å². The van der Waals surface area contributed by atoms with Gasteiger partial charge in [-0.15, -0.1) is 0 Å². The first-order valence-electron chi connectivity index (χ1n) is 4.24. The first-order valence-corrected chi connectivity index (χ1v) is 4.24. The Morgan fingerprint density at radius 1 is 1.00 bits per heavy atom. The second-order valence-corrected chi connectivity index (χ2v) is 1.68. The molecule has 0 bridgehead atoms. The molecule has 0 aromatic carbocycles. The van der Waals surface area contributed by atoms with Crippen LogP contribution in [0.4, 0.5) is 9.59 Å². The summed E-state index contributed by atoms with van der Waals surface area (Å²) in [6.07, 6.45) is -2.92. The number of hydrogen-bond donors (Lipinski definition) is 1. The van der Waals surface area contributed by atoms with Gasteiger partial charge in [0.2, 0.25) is 0 Å². The minimum atomic E-state index is -1.46. The van der Waals surface area contributed by atoms with Crippen LogP contribution in [0.5, 0.6) is 0 Å². The summed E-state index contributed by atoms with van der Waals surface area (Å²) >= 11 is 0. The molecule has 0 unspecified atom stereocenters. The molecule has 0 radical (unpaired) electrons. The van der Waals surface area contributed by atoms with E-state index in [0.29, 0.717) is 0 Å². The monoisotopic (exact) mass is 248 g/mol. The van der Waals surface area contributed by atoms with Crippen LogP contribution in [0.25, 0.3) is 0 Å². The normalized spacial score (nSPS) is 6.75. The molecule has 0 fully saturated rings. The van der Waals surface area contributed by atoms with Crippen LogP contribution >= 0.6 is 0 Å². The summed E-state index contributed by atoms with van der Waals surface area (Å²) in [6, 6.07) is 0. The van der Waals surface area contributed by atoms with Crippen molar-refractivity contribution in [2.45, 2.75) is 20.8 Å². The summed E-state index contributed by atoms with van der Waals surface area (Å²) in [5.74, 6) is 0. The Morgan fingerprint density at radius 2 is 1.19 bits per heavy atom. The molecule has 0 saturated carbocycles. The van der Waals surface area contributed by atoms with E-state index in [9.17, 15) is 19.8 Å². The van der Waals surface area contributed by atoms with Crippen molar-refractivity contribution in [3.63, 3.8) is 0 Å². The molecule has 0 saturated heterocycles. The van der Waals surface area contributed by atoms with Gasteiger partial charge in [0, 0.05) is 19.8 Å². The fraction of sp³-hybridized carbons (Fsp3) is 0.750. The first-order chi connectivity index (χ1) is 6.95. The zero-order chi connectivity index (χ0) is 12.7. The topological polar surface area (TPSA) is 119 Å². The second kappa shape index (κ2) is 23.8. The van der Waals surface area contributed by atoms with E-state index >= 15 is 0 Å². The first kappa shape index (κ1) is 24.5. The molecule has 0 aliphatic heterocycles. The average Bonchev–Trinajstić information content (AvgIpc) is 2.05. The number of carbonyl (C=O) groups excluding carboxylic acids is 2. The molecule has 0 aromatic heterocycles. The standard InChI is InChI=1S/2C3H6O3.C2H6O.Mg/c2*1-2-6-3(4)5;1-2-3;/h2*2H2,1H3,(H,4,5);3H,2H2,1H3;/q;;;+2/p-2. The minimum absolute atomic E-state index is 0. The van der Waals surface area contributed by atoms with Crippen molar-refractivity contribution in [2.24, 2.45) is 0 Å². The van der Waals surface area contributed by atoms with Crippen LogP contribution in [0.2, 0.25) is 0 Å². The van der Waals surface area contributed by atoms with Crippen LogP contribution < -0.4 is 10.2 Å². The van der Waals surface area contributed by atoms with Gasteiger partial charge in [0.1, 0.15) is 0 Å². The van der Waals surface area contributed by atoms with Gasteiger partial charge in [-0.1, -0.05) is 0 Å². The average molecular weight is 249 g/mol. The number of aliphatic hydroxyl groups excluding tert-OH is 1. The van der Waals surface area contributed by atoms with Crippen molar-refractivity contribution >= 4 is 35.4 Å². The number of carbonyl (C=O) groups is 2. The summed E-state index contributed by atoms with van der Waals surface area (Å²) in [5.41, 5.74) is 0. The zero-order valence-corrected chi connectivity index (χ0v) is 11.1. The van der Waals surface area contributed by atoms with Gasteiger partial charge in [0.15, 0.2) is 0 Å². The molecule has 16 heavy (non-hydrogen) atoms. The molecule has 7 nitrogen and oxygen atoms in total. The molecule has 92 valence electrons. The van der Waals surface area contributed by atoms with Crippen LogP contribution in [-0.4, -0.2) is 60.3 Å². The molecule has 0 aliphatic rings. The van der Waals surface area contributed by atoms with E-state index in [-0.39, 0.29) is 42.9 Å². The molecule has 0 amide bonds. The Bertz CT molecular complexity index is 135. The second-order valence-electron chi connectivity index (χ2n) is 1.68. The van der Waals surface area contributed by atoms with Crippen LogP contribution in [0.15, 0.2) is 0 Å². The van der Waals surface area contributed by atoms with Gasteiger partial charge in [0.25, 0.3) is 12.3 Å². The van der Waals surface area contributed by atoms with Gasteiger partial charge >= 0.3 is 23.1 Å². The number of ether oxygens (including phenoxy) is 2. The molecule has 1 N–H and O–H groups in total. The van der Waals surface area contributed by atoms with Crippen LogP contribution in [0, 0.1) is 0 Å². The largest absolute Gasteiger partial charge is 2.00 e. The van der Waals surface area contributed by atoms with Crippen LogP contribution in [-0.2, 0) is 9.47 Å². The van der Waals surface area contributed by atoms with Gasteiger partial charge in [-0.2, -0.15) is 0 Å². The Balaban J connectivity index is -0.0000000692. The third kappa shape index (κ3) is 72.0. The van der Waals surface area contributed by atoms with E-state index in [1.807, 2.05) is 0 Å². The molecule has 0 heterocycles. The van der Waals surface area contributed by atoms with E-state index < -0.39 is 12.3 Å². The third-order valence-corrected chi connectivity index (χ3v) is 0.524. The number of hydrogen-bond acceptors (Lipinski definition) is 7. The van der Waals surface area contributed by atoms with Crippen molar-refractivity contribution in [2.75, 3.05) is 19.8 Å². The van der Waals surface area contributed by atoms with Crippen molar-refractivity contribution in [1.29, 1.82) is 0 Å². The summed E-state index contributed by atoms with van der Waals surface area (Å²) < 4.78 is 7.69. The van der Waals surface area contributed by atoms with Crippen molar-refractivity contribution in [3.05, 3.63) is 0 Å². The Morgan fingerprint density at radius 3 is 1.19 bits per heavy atom. The minimum Gasteiger partial charge on any atom is -0.550 e. The third-order valence-electron chi connectivity index (χ3n) is 0.524. The van der Waals surface area contributed by atoms with Gasteiger partial charge in [-0.05, 0) is 20.8 Å². The molecule has 0 spiro atoms. The Hall–Kier alpha value is -0.734. The SMILES string of the molecule is CCO.CCOC(=O)[O-].CCOC(=O)[O-].[Mg+2]. The van der Waals surface area contributed by atoms with Crippen LogP contribution in [0.1, 0.15) is 20.8 Å². The van der Waals surface area contributed by atoms with E-state index in [0.717, 1.165) is 0 Å². The molecular weight excluding hydrogens is 232 g/mol. The van der Waals surface area contributed by atoms with E-state index in [2.05, 4.69) is 9.47 Å². The van der Waals surface area contributed by atoms with Gasteiger partial charge < -0.3 is 34.4 Å². The predicted octanol–water partition coefficient (Wildman–Crippen LogP) is -1.65. The van der Waals surface area contributed by atoms with Gasteiger partial charge in [0.05, 0.1) is 0 Å². The maximum absolute atomic E-state index is 9.27. The molecule has 0 aliphatic carbocycles. The fourth-order valence-corrected chi connectivity index (χ4v) is 0.236. The zero-order valence-electron chi connectivity index (χ0n) is 9.73. The van der Waals surface area contributed by atoms with E-state index in [1.54, 1.807) is 20.8 Å². The number of aliphatic hydroxyl groups is 1. The smallest absolute Gasteiger partial charge is 0.550 e. The van der Waals surface area contributed by atoms with Crippen molar-refractivity contribution in [1.82, 2.24) is 0 Å². The number of rotatable bonds is 2. The van der Waals surface area contributed by atoms with E-state index in [1.165, 1.54) is 0 Å². The maximum Gasteiger partial charge on any atom is 2.00 e. The van der Waals surface area contributed by atoms with Crippen molar-refractivity contribution < 1.29 is 34.4 Å². The molecule has 0 atom stereocenters. The molecule has 8 heteroatoms. The number of carboxylic acid groups (broad SMARTS) is 2. The maximum atomic E-state index is 9.27. The Labute approximate surface area is 111 Å². The fourth-order valence-electron chi connectivity index (χ4n) is 0.236. The summed E-state index contributed by atoms with van der Waals surface area (Å²) in [7, 11) is 0. The predicted molar refractivity (Wildman–Crippen MR) is 52.6 cm³/mol. The molecular formula is C8H16MgO7. The Kier molecular flexibility index (Phi) is 36.4. The summed E-state index contributed by atoms with van der Waals surface area (Å²) in [4.78, 5) is 18.5. The van der Waals surface area contributed by atoms with Crippen LogP contribution in [0.3, 0.4) is 0 Å². The van der Waals surface area contributed by atoms with Crippen molar-refractivity contribution in [3.8, 4) is 0 Å².